The topological polar surface area (TPSA) is 35.5 Å². The normalized spacial score (nSPS) is 22.1. The van der Waals surface area contributed by atoms with Crippen molar-refractivity contribution in [1.82, 2.24) is 0 Å². The molecule has 3 nitrogen and oxygen atoms in total. The maximum atomic E-state index is 11.0. The van der Waals surface area contributed by atoms with Crippen LogP contribution in [0.2, 0.25) is 0 Å². The van der Waals surface area contributed by atoms with Crippen LogP contribution in [0.1, 0.15) is 12.8 Å². The molecule has 0 N–H and O–H groups in total. The molecule has 0 aromatic heterocycles. The Morgan fingerprint density at radius 3 is 3.15 bits per heavy atom. The van der Waals surface area contributed by atoms with Crippen molar-refractivity contribution in [3.8, 4) is 0 Å². The van der Waals surface area contributed by atoms with Gasteiger partial charge in [-0.05, 0) is 12.8 Å². The zero-order chi connectivity index (χ0) is 9.52. The molecule has 4 heteroatoms. The molecule has 1 aliphatic rings. The summed E-state index contributed by atoms with van der Waals surface area (Å²) in [6.07, 6.45) is 2.68. The molecule has 1 atom stereocenters. The highest BCUT2D eigenvalue weighted by Gasteiger charge is 2.15. The van der Waals surface area contributed by atoms with Crippen LogP contribution in [0.15, 0.2) is 0 Å². The summed E-state index contributed by atoms with van der Waals surface area (Å²) in [7, 11) is 1.54. The molecule has 0 aromatic rings. The molecule has 1 unspecified atom stereocenters. The first-order chi connectivity index (χ1) is 6.33. The van der Waals surface area contributed by atoms with E-state index in [9.17, 15) is 4.79 Å². The molecule has 13 heavy (non-hydrogen) atoms. The Bertz CT molecular complexity index is 155. The van der Waals surface area contributed by atoms with Gasteiger partial charge in [-0.25, -0.2) is 0 Å². The number of rotatable bonds is 6. The summed E-state index contributed by atoms with van der Waals surface area (Å²) in [5, 5.41) is 0. The third kappa shape index (κ3) is 4.64. The number of hydrogen-bond donors (Lipinski definition) is 0. The van der Waals surface area contributed by atoms with Crippen molar-refractivity contribution in [2.75, 3.05) is 31.8 Å². The quantitative estimate of drug-likeness (QED) is 0.649. The molecule has 0 aliphatic carbocycles. The van der Waals surface area contributed by atoms with E-state index in [-0.39, 0.29) is 12.4 Å². The van der Waals surface area contributed by atoms with E-state index >= 15 is 0 Å². The van der Waals surface area contributed by atoms with Crippen molar-refractivity contribution >= 4 is 17.5 Å². The summed E-state index contributed by atoms with van der Waals surface area (Å²) >= 11 is 1.64. The average Bonchev–Trinajstić information content (AvgIpc) is 2.57. The van der Waals surface area contributed by atoms with Gasteiger partial charge in [0.25, 0.3) is 0 Å². The van der Waals surface area contributed by atoms with Crippen LogP contribution in [-0.2, 0) is 14.3 Å². The smallest absolute Gasteiger partial charge is 0.168 e. The second-order valence-corrected chi connectivity index (χ2v) is 4.15. The minimum Gasteiger partial charge on any atom is -0.377 e. The molecule has 0 saturated carbocycles. The Labute approximate surface area is 83.2 Å². The van der Waals surface area contributed by atoms with Crippen molar-refractivity contribution in [3.05, 3.63) is 0 Å². The van der Waals surface area contributed by atoms with E-state index in [0.717, 1.165) is 25.2 Å². The molecule has 1 heterocycles. The molecule has 1 aliphatic heterocycles. The highest BCUT2D eigenvalue weighted by Crippen LogP contribution is 2.16. The van der Waals surface area contributed by atoms with Crippen LogP contribution < -0.4 is 0 Å². The zero-order valence-corrected chi connectivity index (χ0v) is 8.77. The highest BCUT2D eigenvalue weighted by atomic mass is 32.2. The first-order valence-corrected chi connectivity index (χ1v) is 5.68. The largest absolute Gasteiger partial charge is 0.377 e. The number of carbonyl (C=O) groups excluding carboxylic acids is 1. The summed E-state index contributed by atoms with van der Waals surface area (Å²) < 4.78 is 10.2. The summed E-state index contributed by atoms with van der Waals surface area (Å²) in [6, 6.07) is 0. The standard InChI is InChI=1S/C9H16O3S/c1-11-5-8(10)6-13-7-9-3-2-4-12-9/h9H,2-7H2,1H3. The van der Waals surface area contributed by atoms with Gasteiger partial charge in [0.2, 0.25) is 0 Å². The Balaban J connectivity index is 1.96. The van der Waals surface area contributed by atoms with Crippen LogP contribution in [0.3, 0.4) is 0 Å². The van der Waals surface area contributed by atoms with Crippen LogP contribution in [0, 0.1) is 0 Å². The third-order valence-electron chi connectivity index (χ3n) is 1.90. The summed E-state index contributed by atoms with van der Waals surface area (Å²) in [5.41, 5.74) is 0. The van der Waals surface area contributed by atoms with E-state index in [4.69, 9.17) is 9.47 Å². The number of Topliss-reactive ketones (excluding diaryl/α,β-unsaturated/α-hetero) is 1. The Morgan fingerprint density at radius 1 is 1.69 bits per heavy atom. The fourth-order valence-corrected chi connectivity index (χ4v) is 2.24. The predicted octanol–water partition coefficient (Wildman–Crippen LogP) is 1.11. The molecule has 1 fully saturated rings. The number of ether oxygens (including phenoxy) is 2. The minimum absolute atomic E-state index is 0.158. The van der Waals surface area contributed by atoms with Gasteiger partial charge in [-0.2, -0.15) is 11.8 Å². The van der Waals surface area contributed by atoms with Gasteiger partial charge in [0.05, 0.1) is 11.9 Å². The molecule has 76 valence electrons. The molecule has 0 aromatic carbocycles. The van der Waals surface area contributed by atoms with Gasteiger partial charge >= 0.3 is 0 Å². The number of carbonyl (C=O) groups is 1. The van der Waals surface area contributed by atoms with Gasteiger partial charge in [-0.1, -0.05) is 0 Å². The van der Waals surface area contributed by atoms with Gasteiger partial charge in [0.1, 0.15) is 6.61 Å². The monoisotopic (exact) mass is 204 g/mol. The lowest BCUT2D eigenvalue weighted by molar-refractivity contribution is -0.120. The molecular weight excluding hydrogens is 188 g/mol. The summed E-state index contributed by atoms with van der Waals surface area (Å²) in [6.45, 7) is 1.12. The van der Waals surface area contributed by atoms with Crippen molar-refractivity contribution in [1.29, 1.82) is 0 Å². The summed E-state index contributed by atoms with van der Waals surface area (Å²) in [4.78, 5) is 11.0. The van der Waals surface area contributed by atoms with Crippen LogP contribution in [0.4, 0.5) is 0 Å². The van der Waals surface area contributed by atoms with E-state index < -0.39 is 0 Å². The van der Waals surface area contributed by atoms with Gasteiger partial charge in [0, 0.05) is 19.5 Å². The number of methoxy groups -OCH3 is 1. The average molecular weight is 204 g/mol. The van der Waals surface area contributed by atoms with E-state index in [1.54, 1.807) is 18.9 Å². The van der Waals surface area contributed by atoms with Gasteiger partial charge in [0.15, 0.2) is 5.78 Å². The zero-order valence-electron chi connectivity index (χ0n) is 7.95. The van der Waals surface area contributed by atoms with Gasteiger partial charge in [-0.15, -0.1) is 0 Å². The van der Waals surface area contributed by atoms with E-state index in [1.165, 1.54) is 0 Å². The second-order valence-electron chi connectivity index (χ2n) is 3.12. The second kappa shape index (κ2) is 6.40. The maximum absolute atomic E-state index is 11.0. The highest BCUT2D eigenvalue weighted by molar-refractivity contribution is 8.00. The van der Waals surface area contributed by atoms with Crippen LogP contribution in [0.25, 0.3) is 0 Å². The molecule has 0 radical (unpaired) electrons. The van der Waals surface area contributed by atoms with Crippen molar-refractivity contribution in [2.24, 2.45) is 0 Å². The number of hydrogen-bond acceptors (Lipinski definition) is 4. The van der Waals surface area contributed by atoms with Crippen LogP contribution >= 0.6 is 11.8 Å². The van der Waals surface area contributed by atoms with Crippen LogP contribution in [0.5, 0.6) is 0 Å². The Kier molecular flexibility index (Phi) is 5.43. The lowest BCUT2D eigenvalue weighted by atomic mass is 10.3. The van der Waals surface area contributed by atoms with Gasteiger partial charge in [-0.3, -0.25) is 4.79 Å². The first kappa shape index (κ1) is 11.0. The molecule has 0 amide bonds. The SMILES string of the molecule is COCC(=O)CSCC1CCCO1. The summed E-state index contributed by atoms with van der Waals surface area (Å²) in [5.74, 6) is 1.65. The lowest BCUT2D eigenvalue weighted by Crippen LogP contribution is -2.13. The first-order valence-electron chi connectivity index (χ1n) is 4.53. The fourth-order valence-electron chi connectivity index (χ4n) is 1.28. The van der Waals surface area contributed by atoms with Gasteiger partial charge < -0.3 is 9.47 Å². The third-order valence-corrected chi connectivity index (χ3v) is 3.03. The molecule has 0 bridgehead atoms. The Hall–Kier alpha value is -0.0600. The fraction of sp³-hybridized carbons (Fsp3) is 0.889. The number of ketones is 1. The van der Waals surface area contributed by atoms with E-state index in [0.29, 0.717) is 11.9 Å². The molecule has 1 rings (SSSR count). The van der Waals surface area contributed by atoms with E-state index in [1.807, 2.05) is 0 Å². The Morgan fingerprint density at radius 2 is 2.54 bits per heavy atom. The molecule has 0 spiro atoms. The van der Waals surface area contributed by atoms with Crippen molar-refractivity contribution in [3.63, 3.8) is 0 Å². The lowest BCUT2D eigenvalue weighted by Gasteiger charge is -2.07. The molecular formula is C9H16O3S. The number of thioether (sulfide) groups is 1. The van der Waals surface area contributed by atoms with Crippen molar-refractivity contribution < 1.29 is 14.3 Å². The maximum Gasteiger partial charge on any atom is 0.168 e. The van der Waals surface area contributed by atoms with Crippen LogP contribution in [-0.4, -0.2) is 43.7 Å². The van der Waals surface area contributed by atoms with E-state index in [2.05, 4.69) is 0 Å². The minimum atomic E-state index is 0.158. The van der Waals surface area contributed by atoms with Crippen molar-refractivity contribution in [2.45, 2.75) is 18.9 Å². The molecule has 1 saturated heterocycles. The predicted molar refractivity (Wildman–Crippen MR) is 53.2 cm³/mol.